The van der Waals surface area contributed by atoms with E-state index in [-0.39, 0.29) is 0 Å². The number of nitrogens with one attached hydrogen (secondary N) is 1. The van der Waals surface area contributed by atoms with Crippen LogP contribution in [0.5, 0.6) is 0 Å². The zero-order valence-electron chi connectivity index (χ0n) is 12.9. The lowest BCUT2D eigenvalue weighted by molar-refractivity contribution is 0.0311. The molecule has 0 spiro atoms. The van der Waals surface area contributed by atoms with Gasteiger partial charge in [0.25, 0.3) is 0 Å². The molecule has 0 bridgehead atoms. The van der Waals surface area contributed by atoms with Crippen LogP contribution in [0.4, 0.5) is 0 Å². The monoisotopic (exact) mass is 281 g/mol. The van der Waals surface area contributed by atoms with Gasteiger partial charge in [0.1, 0.15) is 11.5 Å². The topological polar surface area (TPSA) is 43.6 Å². The van der Waals surface area contributed by atoms with Gasteiger partial charge in [-0.2, -0.15) is 0 Å². The Bertz CT molecular complexity index is 396. The zero-order chi connectivity index (χ0) is 14.4. The van der Waals surface area contributed by atoms with Crippen LogP contribution in [-0.2, 0) is 22.6 Å². The molecule has 4 nitrogen and oxygen atoms in total. The highest BCUT2D eigenvalue weighted by atomic mass is 16.5. The molecule has 0 aliphatic heterocycles. The normalized spacial score (nSPS) is 15.2. The number of aryl methyl sites for hydroxylation is 1. The number of rotatable bonds is 10. The minimum atomic E-state index is 0.577. The summed E-state index contributed by atoms with van der Waals surface area (Å²) in [6, 6.07) is 2.80. The lowest BCUT2D eigenvalue weighted by atomic mass is 10.2. The summed E-state index contributed by atoms with van der Waals surface area (Å²) in [5, 5.41) is 3.45. The van der Waals surface area contributed by atoms with E-state index in [1.165, 1.54) is 12.8 Å². The quantitative estimate of drug-likeness (QED) is 0.670. The fourth-order valence-corrected chi connectivity index (χ4v) is 1.97. The summed E-state index contributed by atoms with van der Waals surface area (Å²) in [7, 11) is 0. The van der Waals surface area contributed by atoms with Gasteiger partial charge in [-0.15, -0.1) is 0 Å². The van der Waals surface area contributed by atoms with Gasteiger partial charge in [0.05, 0.1) is 26.4 Å². The average Bonchev–Trinajstić information content (AvgIpc) is 3.16. The van der Waals surface area contributed by atoms with E-state index < -0.39 is 0 Å². The molecule has 0 unspecified atom stereocenters. The first kappa shape index (κ1) is 15.5. The van der Waals surface area contributed by atoms with E-state index in [1.54, 1.807) is 0 Å². The first-order chi connectivity index (χ1) is 9.65. The third-order valence-electron chi connectivity index (χ3n) is 3.29. The maximum atomic E-state index is 5.73. The standard InChI is InChI=1S/C16H27NO3/c1-12(2)10-18-6-7-19-11-14-8-16(20-13(14)3)9-17-15-4-5-15/h8,12,15,17H,4-7,9-11H2,1-3H3. The van der Waals surface area contributed by atoms with Crippen molar-refractivity contribution in [1.29, 1.82) is 0 Å². The fraction of sp³-hybridized carbons (Fsp3) is 0.750. The fourth-order valence-electron chi connectivity index (χ4n) is 1.97. The highest BCUT2D eigenvalue weighted by Gasteiger charge is 2.20. The van der Waals surface area contributed by atoms with Crippen molar-refractivity contribution in [1.82, 2.24) is 5.32 Å². The number of ether oxygens (including phenoxy) is 2. The third-order valence-corrected chi connectivity index (χ3v) is 3.29. The van der Waals surface area contributed by atoms with Crippen molar-refractivity contribution in [2.24, 2.45) is 5.92 Å². The second kappa shape index (κ2) is 7.81. The molecule has 0 amide bonds. The Morgan fingerprint density at radius 1 is 1.30 bits per heavy atom. The Balaban J connectivity index is 1.61. The van der Waals surface area contributed by atoms with Gasteiger partial charge in [-0.3, -0.25) is 0 Å². The minimum Gasteiger partial charge on any atom is -0.465 e. The summed E-state index contributed by atoms with van der Waals surface area (Å²) in [6.07, 6.45) is 2.60. The Labute approximate surface area is 121 Å². The van der Waals surface area contributed by atoms with Crippen molar-refractivity contribution in [3.63, 3.8) is 0 Å². The molecule has 1 fully saturated rings. The predicted octanol–water partition coefficient (Wildman–Crippen LogP) is 3.03. The molecular formula is C16H27NO3. The number of hydrogen-bond donors (Lipinski definition) is 1. The van der Waals surface area contributed by atoms with Gasteiger partial charge >= 0.3 is 0 Å². The Hall–Kier alpha value is -0.840. The summed E-state index contributed by atoms with van der Waals surface area (Å²) in [5.74, 6) is 2.54. The van der Waals surface area contributed by atoms with Gasteiger partial charge in [-0.1, -0.05) is 13.8 Å². The molecule has 4 heteroatoms. The molecule has 0 saturated heterocycles. The number of hydrogen-bond acceptors (Lipinski definition) is 4. The molecule has 114 valence electrons. The van der Waals surface area contributed by atoms with Gasteiger partial charge < -0.3 is 19.2 Å². The Morgan fingerprint density at radius 2 is 2.05 bits per heavy atom. The molecule has 2 rings (SSSR count). The summed E-state index contributed by atoms with van der Waals surface area (Å²) in [4.78, 5) is 0. The van der Waals surface area contributed by atoms with E-state index in [0.717, 1.165) is 30.2 Å². The van der Waals surface area contributed by atoms with Crippen LogP contribution >= 0.6 is 0 Å². The van der Waals surface area contributed by atoms with Crippen LogP contribution in [0.15, 0.2) is 10.5 Å². The van der Waals surface area contributed by atoms with Crippen LogP contribution in [0.1, 0.15) is 43.8 Å². The second-order valence-corrected chi connectivity index (χ2v) is 5.97. The Morgan fingerprint density at radius 3 is 2.75 bits per heavy atom. The van der Waals surface area contributed by atoms with Crippen LogP contribution in [-0.4, -0.2) is 25.9 Å². The molecule has 1 aliphatic rings. The summed E-state index contributed by atoms with van der Waals surface area (Å²) in [5.41, 5.74) is 1.14. The van der Waals surface area contributed by atoms with Crippen molar-refractivity contribution in [3.05, 3.63) is 23.2 Å². The van der Waals surface area contributed by atoms with Gasteiger partial charge in [0.15, 0.2) is 0 Å². The maximum Gasteiger partial charge on any atom is 0.118 e. The lowest BCUT2D eigenvalue weighted by Crippen LogP contribution is -2.14. The van der Waals surface area contributed by atoms with E-state index in [2.05, 4.69) is 25.2 Å². The SMILES string of the molecule is Cc1oc(CNC2CC2)cc1COCCOCC(C)C. The molecule has 1 heterocycles. The maximum absolute atomic E-state index is 5.73. The largest absolute Gasteiger partial charge is 0.465 e. The van der Waals surface area contributed by atoms with Crippen molar-refractivity contribution in [2.45, 2.75) is 52.8 Å². The first-order valence-corrected chi connectivity index (χ1v) is 7.62. The van der Waals surface area contributed by atoms with Crippen LogP contribution in [0.3, 0.4) is 0 Å². The molecular weight excluding hydrogens is 254 g/mol. The first-order valence-electron chi connectivity index (χ1n) is 7.62. The van der Waals surface area contributed by atoms with Gasteiger partial charge in [-0.25, -0.2) is 0 Å². The zero-order valence-corrected chi connectivity index (χ0v) is 12.9. The van der Waals surface area contributed by atoms with Crippen LogP contribution in [0.2, 0.25) is 0 Å². The molecule has 0 atom stereocenters. The van der Waals surface area contributed by atoms with Crippen molar-refractivity contribution >= 4 is 0 Å². The highest BCUT2D eigenvalue weighted by molar-refractivity contribution is 5.20. The van der Waals surface area contributed by atoms with Gasteiger partial charge in [0.2, 0.25) is 0 Å². The minimum absolute atomic E-state index is 0.577. The highest BCUT2D eigenvalue weighted by Crippen LogP contribution is 2.21. The molecule has 1 N–H and O–H groups in total. The molecule has 1 saturated carbocycles. The average molecular weight is 281 g/mol. The predicted molar refractivity (Wildman–Crippen MR) is 78.6 cm³/mol. The van der Waals surface area contributed by atoms with Crippen molar-refractivity contribution < 1.29 is 13.9 Å². The van der Waals surface area contributed by atoms with Crippen molar-refractivity contribution in [2.75, 3.05) is 19.8 Å². The van der Waals surface area contributed by atoms with Crippen LogP contribution in [0, 0.1) is 12.8 Å². The molecule has 1 aromatic heterocycles. The molecule has 1 aromatic rings. The molecule has 1 aliphatic carbocycles. The Kier molecular flexibility index (Phi) is 6.07. The van der Waals surface area contributed by atoms with Gasteiger partial charge in [0, 0.05) is 18.2 Å². The summed E-state index contributed by atoms with van der Waals surface area (Å²) < 4.78 is 16.8. The van der Waals surface area contributed by atoms with E-state index in [1.807, 2.05) is 6.92 Å². The van der Waals surface area contributed by atoms with E-state index >= 15 is 0 Å². The van der Waals surface area contributed by atoms with Crippen LogP contribution < -0.4 is 5.32 Å². The number of furan rings is 1. The third kappa shape index (κ3) is 5.65. The summed E-state index contributed by atoms with van der Waals surface area (Å²) in [6.45, 7) is 9.80. The second-order valence-electron chi connectivity index (χ2n) is 5.97. The van der Waals surface area contributed by atoms with Gasteiger partial charge in [-0.05, 0) is 31.7 Å². The molecule has 0 radical (unpaired) electrons. The molecule has 0 aromatic carbocycles. The van der Waals surface area contributed by atoms with Crippen molar-refractivity contribution in [3.8, 4) is 0 Å². The molecule has 20 heavy (non-hydrogen) atoms. The smallest absolute Gasteiger partial charge is 0.118 e. The van der Waals surface area contributed by atoms with E-state index in [0.29, 0.717) is 31.8 Å². The lowest BCUT2D eigenvalue weighted by Gasteiger charge is -2.07. The van der Waals surface area contributed by atoms with E-state index in [4.69, 9.17) is 13.9 Å². The summed E-state index contributed by atoms with van der Waals surface area (Å²) >= 11 is 0. The van der Waals surface area contributed by atoms with E-state index in [9.17, 15) is 0 Å². The van der Waals surface area contributed by atoms with Crippen LogP contribution in [0.25, 0.3) is 0 Å².